The second-order valence-electron chi connectivity index (χ2n) is 7.39. The van der Waals surface area contributed by atoms with Crippen molar-refractivity contribution in [2.75, 3.05) is 20.2 Å². The summed E-state index contributed by atoms with van der Waals surface area (Å²) in [6, 6.07) is 8.13. The quantitative estimate of drug-likeness (QED) is 0.841. The summed E-state index contributed by atoms with van der Waals surface area (Å²) in [6.07, 6.45) is 7.09. The molecule has 0 bridgehead atoms. The first kappa shape index (κ1) is 16.2. The molecule has 5 heteroatoms. The molecule has 1 amide bonds. The Kier molecular flexibility index (Phi) is 4.24. The van der Waals surface area contributed by atoms with Crippen LogP contribution in [0.4, 0.5) is 0 Å². The highest BCUT2D eigenvalue weighted by atomic mass is 16.5. The molecule has 2 fully saturated rings. The Morgan fingerprint density at radius 2 is 2.28 bits per heavy atom. The summed E-state index contributed by atoms with van der Waals surface area (Å²) < 4.78 is 7.14. The lowest BCUT2D eigenvalue weighted by molar-refractivity contribution is -0.131. The number of hydrogen-bond donors (Lipinski definition) is 0. The molecule has 4 rings (SSSR count). The van der Waals surface area contributed by atoms with Gasteiger partial charge in [0.1, 0.15) is 5.75 Å². The van der Waals surface area contributed by atoms with Crippen LogP contribution in [0.5, 0.6) is 5.75 Å². The van der Waals surface area contributed by atoms with Crippen LogP contribution in [0.1, 0.15) is 29.9 Å². The normalized spacial score (nSPS) is 25.2. The molecular formula is C20H25N3O2. The molecule has 1 saturated carbocycles. The van der Waals surface area contributed by atoms with Gasteiger partial charge in [-0.05, 0) is 54.4 Å². The van der Waals surface area contributed by atoms with Crippen LogP contribution in [-0.4, -0.2) is 40.8 Å². The number of benzene rings is 1. The number of aromatic nitrogens is 2. The summed E-state index contributed by atoms with van der Waals surface area (Å²) in [5.41, 5.74) is 2.49. The molecule has 1 aliphatic carbocycles. The lowest BCUT2D eigenvalue weighted by Crippen LogP contribution is -2.30. The lowest BCUT2D eigenvalue weighted by atomic mass is 10.0. The van der Waals surface area contributed by atoms with E-state index in [0.717, 1.165) is 38.1 Å². The third-order valence-corrected chi connectivity index (χ3v) is 5.51. The van der Waals surface area contributed by atoms with Crippen LogP contribution < -0.4 is 4.74 Å². The van der Waals surface area contributed by atoms with Crippen LogP contribution in [0, 0.1) is 11.8 Å². The van der Waals surface area contributed by atoms with Gasteiger partial charge in [0, 0.05) is 32.3 Å². The number of carbonyl (C=O) groups is 1. The number of ether oxygens (including phenoxy) is 1. The number of rotatable bonds is 5. The van der Waals surface area contributed by atoms with Crippen LogP contribution in [0.2, 0.25) is 0 Å². The molecule has 2 aromatic rings. The van der Waals surface area contributed by atoms with Crippen LogP contribution >= 0.6 is 0 Å². The van der Waals surface area contributed by atoms with E-state index in [9.17, 15) is 4.79 Å². The molecule has 1 aromatic carbocycles. The molecule has 3 atom stereocenters. The zero-order chi connectivity index (χ0) is 17.4. The molecule has 0 radical (unpaired) electrons. The van der Waals surface area contributed by atoms with Crippen molar-refractivity contribution in [3.63, 3.8) is 0 Å². The van der Waals surface area contributed by atoms with Crippen LogP contribution in [0.3, 0.4) is 0 Å². The summed E-state index contributed by atoms with van der Waals surface area (Å²) in [6.45, 7) is 1.78. The maximum atomic E-state index is 12.8. The summed E-state index contributed by atoms with van der Waals surface area (Å²) in [4.78, 5) is 14.9. The first-order valence-corrected chi connectivity index (χ1v) is 9.04. The minimum absolute atomic E-state index is 0.157. The molecule has 0 spiro atoms. The van der Waals surface area contributed by atoms with E-state index in [1.807, 2.05) is 30.1 Å². The van der Waals surface area contributed by atoms with Crippen LogP contribution in [0.15, 0.2) is 36.7 Å². The average molecular weight is 339 g/mol. The molecular weight excluding hydrogens is 314 g/mol. The first-order chi connectivity index (χ1) is 12.1. The maximum absolute atomic E-state index is 12.8. The number of nitrogens with zero attached hydrogens (tertiary/aromatic N) is 3. The molecule has 5 nitrogen and oxygen atoms in total. The fraction of sp³-hybridized carbons (Fsp3) is 0.500. The Labute approximate surface area is 148 Å². The van der Waals surface area contributed by atoms with Crippen molar-refractivity contribution in [3.8, 4) is 5.75 Å². The van der Waals surface area contributed by atoms with Crippen molar-refractivity contribution in [1.82, 2.24) is 14.7 Å². The predicted molar refractivity (Wildman–Crippen MR) is 95.4 cm³/mol. The summed E-state index contributed by atoms with van der Waals surface area (Å²) in [7, 11) is 3.63. The van der Waals surface area contributed by atoms with E-state index in [4.69, 9.17) is 4.74 Å². The van der Waals surface area contributed by atoms with E-state index in [2.05, 4.69) is 28.3 Å². The fourth-order valence-corrected chi connectivity index (χ4v) is 4.05. The molecule has 1 aliphatic heterocycles. The Morgan fingerprint density at radius 3 is 3.04 bits per heavy atom. The third kappa shape index (κ3) is 3.41. The van der Waals surface area contributed by atoms with Crippen molar-refractivity contribution in [3.05, 3.63) is 47.8 Å². The first-order valence-electron chi connectivity index (χ1n) is 9.04. The molecule has 132 valence electrons. The predicted octanol–water partition coefficient (Wildman–Crippen LogP) is 2.62. The van der Waals surface area contributed by atoms with Crippen molar-refractivity contribution < 1.29 is 9.53 Å². The van der Waals surface area contributed by atoms with Crippen LogP contribution in [0.25, 0.3) is 0 Å². The van der Waals surface area contributed by atoms with Crippen molar-refractivity contribution in [2.24, 2.45) is 18.9 Å². The topological polar surface area (TPSA) is 47.4 Å². The van der Waals surface area contributed by atoms with Crippen LogP contribution in [-0.2, 0) is 18.3 Å². The number of carbonyl (C=O) groups excluding carboxylic acids is 1. The molecule has 1 saturated heterocycles. The Bertz CT molecular complexity index is 770. The molecule has 2 aliphatic rings. The molecule has 1 aromatic heterocycles. The second-order valence-corrected chi connectivity index (χ2v) is 7.39. The maximum Gasteiger partial charge on any atom is 0.226 e. The summed E-state index contributed by atoms with van der Waals surface area (Å²) in [5.74, 6) is 2.28. The van der Waals surface area contributed by atoms with E-state index in [1.165, 1.54) is 11.1 Å². The zero-order valence-electron chi connectivity index (χ0n) is 14.9. The molecule has 25 heavy (non-hydrogen) atoms. The highest BCUT2D eigenvalue weighted by Crippen LogP contribution is 2.49. The number of likely N-dealkylation sites (tertiary alicyclic amines) is 1. The number of aryl methyl sites for hydroxylation is 1. The van der Waals surface area contributed by atoms with E-state index in [1.54, 1.807) is 7.11 Å². The number of methoxy groups -OCH3 is 1. The summed E-state index contributed by atoms with van der Waals surface area (Å²) in [5, 5.41) is 4.23. The lowest BCUT2D eigenvalue weighted by Gasteiger charge is -2.16. The Hall–Kier alpha value is -2.30. The van der Waals surface area contributed by atoms with E-state index < -0.39 is 0 Å². The van der Waals surface area contributed by atoms with Crippen molar-refractivity contribution in [1.29, 1.82) is 0 Å². The minimum Gasteiger partial charge on any atom is -0.497 e. The van der Waals surface area contributed by atoms with Gasteiger partial charge in [0.2, 0.25) is 5.91 Å². The Balaban J connectivity index is 1.33. The fourth-order valence-electron chi connectivity index (χ4n) is 4.05. The third-order valence-electron chi connectivity index (χ3n) is 5.51. The smallest absolute Gasteiger partial charge is 0.226 e. The van der Waals surface area contributed by atoms with Gasteiger partial charge in [-0.2, -0.15) is 5.10 Å². The van der Waals surface area contributed by atoms with Gasteiger partial charge in [-0.1, -0.05) is 12.1 Å². The standard InChI is InChI=1S/C20H25N3O2/c1-22-12-15(11-21-22)8-14-6-7-23(13-14)20(24)19-10-18(19)16-4-3-5-17(9-16)25-2/h3-5,9,11-12,14,18-19H,6-8,10,13H2,1-2H3/t14-,18+,19-/m1/s1. The number of hydrogen-bond acceptors (Lipinski definition) is 3. The van der Waals surface area contributed by atoms with Gasteiger partial charge < -0.3 is 9.64 Å². The highest BCUT2D eigenvalue weighted by molar-refractivity contribution is 5.83. The van der Waals surface area contributed by atoms with Gasteiger partial charge in [0.05, 0.1) is 13.3 Å². The second kappa shape index (κ2) is 6.54. The van der Waals surface area contributed by atoms with Crippen molar-refractivity contribution in [2.45, 2.75) is 25.2 Å². The van der Waals surface area contributed by atoms with Gasteiger partial charge in [0.15, 0.2) is 0 Å². The van der Waals surface area contributed by atoms with Gasteiger partial charge >= 0.3 is 0 Å². The molecule has 0 unspecified atom stereocenters. The minimum atomic E-state index is 0.157. The van der Waals surface area contributed by atoms with E-state index in [-0.39, 0.29) is 5.92 Å². The zero-order valence-corrected chi connectivity index (χ0v) is 14.9. The SMILES string of the molecule is COc1cccc([C@@H]2C[C@H]2C(=O)N2CC[C@H](Cc3cnn(C)c3)C2)c1. The van der Waals surface area contributed by atoms with Gasteiger partial charge in [-0.3, -0.25) is 9.48 Å². The number of amides is 1. The van der Waals surface area contributed by atoms with E-state index in [0.29, 0.717) is 17.7 Å². The van der Waals surface area contributed by atoms with E-state index >= 15 is 0 Å². The molecule has 2 heterocycles. The summed E-state index contributed by atoms with van der Waals surface area (Å²) >= 11 is 0. The largest absolute Gasteiger partial charge is 0.497 e. The highest BCUT2D eigenvalue weighted by Gasteiger charge is 2.46. The Morgan fingerprint density at radius 1 is 1.40 bits per heavy atom. The van der Waals surface area contributed by atoms with Gasteiger partial charge in [0.25, 0.3) is 0 Å². The average Bonchev–Trinajstić information content (AvgIpc) is 3.12. The molecule has 0 N–H and O–H groups in total. The monoisotopic (exact) mass is 339 g/mol. The van der Waals surface area contributed by atoms with Gasteiger partial charge in [-0.15, -0.1) is 0 Å². The van der Waals surface area contributed by atoms with Crippen molar-refractivity contribution >= 4 is 5.91 Å². The van der Waals surface area contributed by atoms with Gasteiger partial charge in [-0.25, -0.2) is 0 Å².